The molecule has 1 amide bonds. The van der Waals surface area contributed by atoms with E-state index in [0.29, 0.717) is 17.8 Å². The lowest BCUT2D eigenvalue weighted by atomic mass is 9.84. The van der Waals surface area contributed by atoms with Gasteiger partial charge >= 0.3 is 0 Å². The number of rotatable bonds is 3. The summed E-state index contributed by atoms with van der Waals surface area (Å²) in [4.78, 5) is 12.3. The van der Waals surface area contributed by atoms with Gasteiger partial charge in [0.25, 0.3) is 0 Å². The maximum absolute atomic E-state index is 12.3. The van der Waals surface area contributed by atoms with Crippen molar-refractivity contribution in [1.82, 2.24) is 5.32 Å². The number of nitrogens with two attached hydrogens (primary N) is 1. The summed E-state index contributed by atoms with van der Waals surface area (Å²) in [7, 11) is 0. The second-order valence-electron chi connectivity index (χ2n) is 6.97. The number of nitrogens with one attached hydrogen (secondary N) is 1. The van der Waals surface area contributed by atoms with Crippen LogP contribution in [-0.2, 0) is 4.79 Å². The lowest BCUT2D eigenvalue weighted by Gasteiger charge is -2.27. The van der Waals surface area contributed by atoms with Crippen molar-refractivity contribution < 1.29 is 4.79 Å². The molecule has 6 unspecified atom stereocenters. The summed E-state index contributed by atoms with van der Waals surface area (Å²) in [6.07, 6.45) is 7.55. The van der Waals surface area contributed by atoms with E-state index in [9.17, 15) is 4.79 Å². The SMILES string of the molecule is CC1CCC(CNC(=O)C2C3CCC(C3)C2N)C1. The molecule has 0 aromatic heterocycles. The molecule has 2 bridgehead atoms. The third kappa shape index (κ3) is 2.18. The van der Waals surface area contributed by atoms with Crippen LogP contribution in [0.5, 0.6) is 0 Å². The molecule has 0 spiro atoms. The maximum atomic E-state index is 12.3. The Balaban J connectivity index is 1.50. The van der Waals surface area contributed by atoms with Crippen LogP contribution >= 0.6 is 0 Å². The molecular formula is C15H26N2O. The minimum Gasteiger partial charge on any atom is -0.356 e. The van der Waals surface area contributed by atoms with Crippen molar-refractivity contribution in [1.29, 1.82) is 0 Å². The average molecular weight is 250 g/mol. The number of fused-ring (bicyclic) bond motifs is 2. The molecule has 0 saturated heterocycles. The first kappa shape index (κ1) is 12.5. The Labute approximate surface area is 110 Å². The summed E-state index contributed by atoms with van der Waals surface area (Å²) >= 11 is 0. The van der Waals surface area contributed by atoms with Crippen molar-refractivity contribution in [2.24, 2.45) is 35.3 Å². The maximum Gasteiger partial charge on any atom is 0.224 e. The molecule has 0 radical (unpaired) electrons. The molecule has 3 heteroatoms. The number of carbonyl (C=O) groups is 1. The van der Waals surface area contributed by atoms with E-state index < -0.39 is 0 Å². The van der Waals surface area contributed by atoms with Crippen LogP contribution in [0.4, 0.5) is 0 Å². The van der Waals surface area contributed by atoms with Gasteiger partial charge in [-0.25, -0.2) is 0 Å². The summed E-state index contributed by atoms with van der Waals surface area (Å²) < 4.78 is 0. The Morgan fingerprint density at radius 3 is 2.56 bits per heavy atom. The van der Waals surface area contributed by atoms with Crippen LogP contribution in [0.15, 0.2) is 0 Å². The first-order valence-corrected chi connectivity index (χ1v) is 7.68. The van der Waals surface area contributed by atoms with E-state index in [1.54, 1.807) is 0 Å². The summed E-state index contributed by atoms with van der Waals surface area (Å²) in [6, 6.07) is 0.131. The van der Waals surface area contributed by atoms with Gasteiger partial charge < -0.3 is 11.1 Å². The minimum absolute atomic E-state index is 0.113. The van der Waals surface area contributed by atoms with Crippen LogP contribution in [0.1, 0.15) is 45.4 Å². The number of hydrogen-bond acceptors (Lipinski definition) is 2. The Kier molecular flexibility index (Phi) is 3.35. The van der Waals surface area contributed by atoms with Gasteiger partial charge in [-0.1, -0.05) is 13.3 Å². The number of carbonyl (C=O) groups excluding carboxylic acids is 1. The zero-order chi connectivity index (χ0) is 12.7. The molecule has 3 nitrogen and oxygen atoms in total. The highest BCUT2D eigenvalue weighted by Gasteiger charge is 2.49. The molecule has 18 heavy (non-hydrogen) atoms. The van der Waals surface area contributed by atoms with Gasteiger partial charge in [0.2, 0.25) is 5.91 Å². The Bertz CT molecular complexity index is 328. The minimum atomic E-state index is 0.113. The molecule has 3 fully saturated rings. The van der Waals surface area contributed by atoms with Crippen molar-refractivity contribution in [2.45, 2.75) is 51.5 Å². The molecule has 3 aliphatic carbocycles. The van der Waals surface area contributed by atoms with Crippen molar-refractivity contribution in [3.8, 4) is 0 Å². The monoisotopic (exact) mass is 250 g/mol. The molecule has 0 aromatic rings. The number of amides is 1. The zero-order valence-corrected chi connectivity index (χ0v) is 11.4. The van der Waals surface area contributed by atoms with Crippen LogP contribution in [0, 0.1) is 29.6 Å². The van der Waals surface area contributed by atoms with Gasteiger partial charge in [-0.15, -0.1) is 0 Å². The van der Waals surface area contributed by atoms with Gasteiger partial charge in [0.15, 0.2) is 0 Å². The molecular weight excluding hydrogens is 224 g/mol. The summed E-state index contributed by atoms with van der Waals surface area (Å²) in [5, 5.41) is 3.18. The lowest BCUT2D eigenvalue weighted by Crippen LogP contribution is -2.46. The van der Waals surface area contributed by atoms with Gasteiger partial charge in [0.1, 0.15) is 0 Å². The predicted molar refractivity (Wildman–Crippen MR) is 71.8 cm³/mol. The molecule has 3 rings (SSSR count). The second kappa shape index (κ2) is 4.84. The van der Waals surface area contributed by atoms with Crippen LogP contribution in [0.25, 0.3) is 0 Å². The number of hydrogen-bond donors (Lipinski definition) is 2. The van der Waals surface area contributed by atoms with Gasteiger partial charge in [-0.3, -0.25) is 4.79 Å². The quantitative estimate of drug-likeness (QED) is 0.804. The van der Waals surface area contributed by atoms with E-state index in [4.69, 9.17) is 5.73 Å². The molecule has 0 aliphatic heterocycles. The van der Waals surface area contributed by atoms with E-state index in [1.165, 1.54) is 38.5 Å². The van der Waals surface area contributed by atoms with Crippen LogP contribution in [0.2, 0.25) is 0 Å². The van der Waals surface area contributed by atoms with Gasteiger partial charge in [-0.05, 0) is 55.8 Å². The first-order chi connectivity index (χ1) is 8.65. The van der Waals surface area contributed by atoms with Crippen molar-refractivity contribution in [3.05, 3.63) is 0 Å². The molecule has 3 saturated carbocycles. The third-order valence-corrected chi connectivity index (χ3v) is 5.65. The van der Waals surface area contributed by atoms with E-state index in [0.717, 1.165) is 12.5 Å². The Morgan fingerprint density at radius 1 is 1.17 bits per heavy atom. The Hall–Kier alpha value is -0.570. The van der Waals surface area contributed by atoms with Crippen molar-refractivity contribution in [3.63, 3.8) is 0 Å². The van der Waals surface area contributed by atoms with Crippen LogP contribution in [-0.4, -0.2) is 18.5 Å². The average Bonchev–Trinajstić information content (AvgIpc) is 3.02. The standard InChI is InChI=1S/C15H26N2O/c1-9-2-3-10(6-9)8-17-15(18)13-11-4-5-12(7-11)14(13)16/h9-14H,2-8,16H2,1H3,(H,17,18). The van der Waals surface area contributed by atoms with Crippen molar-refractivity contribution in [2.75, 3.05) is 6.54 Å². The highest BCUT2D eigenvalue weighted by Crippen LogP contribution is 2.47. The first-order valence-electron chi connectivity index (χ1n) is 7.68. The molecule has 102 valence electrons. The zero-order valence-electron chi connectivity index (χ0n) is 11.4. The van der Waals surface area contributed by atoms with E-state index in [2.05, 4.69) is 12.2 Å². The van der Waals surface area contributed by atoms with Crippen LogP contribution < -0.4 is 11.1 Å². The third-order valence-electron chi connectivity index (χ3n) is 5.65. The summed E-state index contributed by atoms with van der Waals surface area (Å²) in [6.45, 7) is 3.19. The predicted octanol–water partition coefficient (Wildman–Crippen LogP) is 1.91. The highest BCUT2D eigenvalue weighted by molar-refractivity contribution is 5.80. The molecule has 6 atom stereocenters. The smallest absolute Gasteiger partial charge is 0.224 e. The normalized spacial score (nSPS) is 46.6. The molecule has 3 aliphatic rings. The lowest BCUT2D eigenvalue weighted by molar-refractivity contribution is -0.127. The molecule has 0 heterocycles. The summed E-state index contributed by atoms with van der Waals surface area (Å²) in [5.74, 6) is 3.11. The summed E-state index contributed by atoms with van der Waals surface area (Å²) in [5.41, 5.74) is 6.21. The largest absolute Gasteiger partial charge is 0.356 e. The molecule has 3 N–H and O–H groups in total. The Morgan fingerprint density at radius 2 is 1.94 bits per heavy atom. The van der Waals surface area contributed by atoms with E-state index in [-0.39, 0.29) is 17.9 Å². The van der Waals surface area contributed by atoms with Gasteiger partial charge in [-0.2, -0.15) is 0 Å². The topological polar surface area (TPSA) is 55.1 Å². The van der Waals surface area contributed by atoms with Crippen molar-refractivity contribution >= 4 is 5.91 Å². The van der Waals surface area contributed by atoms with E-state index in [1.807, 2.05) is 0 Å². The highest BCUT2D eigenvalue weighted by atomic mass is 16.1. The fourth-order valence-electron chi connectivity index (χ4n) is 4.60. The van der Waals surface area contributed by atoms with Gasteiger partial charge in [0.05, 0.1) is 5.92 Å². The van der Waals surface area contributed by atoms with Gasteiger partial charge in [0, 0.05) is 12.6 Å². The fourth-order valence-corrected chi connectivity index (χ4v) is 4.60. The molecule has 0 aromatic carbocycles. The fraction of sp³-hybridized carbons (Fsp3) is 0.933. The van der Waals surface area contributed by atoms with E-state index >= 15 is 0 Å². The second-order valence-corrected chi connectivity index (χ2v) is 6.97. The van der Waals surface area contributed by atoms with Crippen LogP contribution in [0.3, 0.4) is 0 Å².